The monoisotopic (exact) mass is 238 g/mol. The maximum Gasteiger partial charge on any atom is 0.0721 e. The van der Waals surface area contributed by atoms with E-state index in [1.807, 2.05) is 6.08 Å². The largest absolute Gasteiger partial charge is 0.372 e. The number of ether oxygens (including phenoxy) is 1. The van der Waals surface area contributed by atoms with Gasteiger partial charge in [0.05, 0.1) is 13.2 Å². The van der Waals surface area contributed by atoms with Crippen molar-refractivity contribution in [1.82, 2.24) is 0 Å². The molecule has 1 heteroatoms. The average molecular weight is 238 g/mol. The SMILES string of the molecule is C=Cc1ccc(COCc2ccc(C)cc2)cc1. The fourth-order valence-electron chi connectivity index (χ4n) is 1.72. The second-order valence-electron chi connectivity index (χ2n) is 4.42. The van der Waals surface area contributed by atoms with Gasteiger partial charge in [-0.3, -0.25) is 0 Å². The Kier molecular flexibility index (Phi) is 4.32. The van der Waals surface area contributed by atoms with Crippen LogP contribution in [0.4, 0.5) is 0 Å². The first-order valence-corrected chi connectivity index (χ1v) is 6.12. The van der Waals surface area contributed by atoms with Crippen LogP contribution in [0.15, 0.2) is 55.1 Å². The van der Waals surface area contributed by atoms with Crippen LogP contribution >= 0.6 is 0 Å². The van der Waals surface area contributed by atoms with E-state index >= 15 is 0 Å². The van der Waals surface area contributed by atoms with Crippen LogP contribution in [0.1, 0.15) is 22.3 Å². The van der Waals surface area contributed by atoms with Crippen molar-refractivity contribution in [2.45, 2.75) is 20.1 Å². The zero-order valence-corrected chi connectivity index (χ0v) is 10.7. The Bertz CT molecular complexity index is 494. The molecule has 2 aromatic carbocycles. The molecular weight excluding hydrogens is 220 g/mol. The molecule has 0 fully saturated rings. The molecule has 0 aromatic heterocycles. The topological polar surface area (TPSA) is 9.23 Å². The number of benzene rings is 2. The highest BCUT2D eigenvalue weighted by atomic mass is 16.5. The highest BCUT2D eigenvalue weighted by molar-refractivity contribution is 5.47. The first-order chi connectivity index (χ1) is 8.78. The quantitative estimate of drug-likeness (QED) is 0.752. The van der Waals surface area contributed by atoms with Crippen LogP contribution in [0.2, 0.25) is 0 Å². The van der Waals surface area contributed by atoms with Crippen molar-refractivity contribution in [2.24, 2.45) is 0 Å². The van der Waals surface area contributed by atoms with Gasteiger partial charge in [-0.05, 0) is 23.6 Å². The summed E-state index contributed by atoms with van der Waals surface area (Å²) in [6.45, 7) is 7.13. The lowest BCUT2D eigenvalue weighted by atomic mass is 10.1. The molecule has 0 saturated carbocycles. The van der Waals surface area contributed by atoms with Gasteiger partial charge in [-0.25, -0.2) is 0 Å². The van der Waals surface area contributed by atoms with Crippen molar-refractivity contribution in [3.63, 3.8) is 0 Å². The average Bonchev–Trinajstić information content (AvgIpc) is 2.42. The van der Waals surface area contributed by atoms with Gasteiger partial charge in [0, 0.05) is 0 Å². The van der Waals surface area contributed by atoms with Crippen molar-refractivity contribution < 1.29 is 4.74 Å². The van der Waals surface area contributed by atoms with E-state index in [-0.39, 0.29) is 0 Å². The molecule has 0 N–H and O–H groups in total. The summed E-state index contributed by atoms with van der Waals surface area (Å²) in [5.74, 6) is 0. The first kappa shape index (κ1) is 12.6. The molecule has 0 atom stereocenters. The fraction of sp³-hybridized carbons (Fsp3) is 0.176. The Morgan fingerprint density at radius 1 is 0.889 bits per heavy atom. The maximum absolute atomic E-state index is 5.69. The summed E-state index contributed by atoms with van der Waals surface area (Å²) in [6.07, 6.45) is 1.84. The maximum atomic E-state index is 5.69. The van der Waals surface area contributed by atoms with Gasteiger partial charge in [-0.1, -0.05) is 66.7 Å². The van der Waals surface area contributed by atoms with E-state index in [4.69, 9.17) is 4.74 Å². The molecule has 1 nitrogen and oxygen atoms in total. The Labute approximate surface area is 109 Å². The van der Waals surface area contributed by atoms with Crippen molar-refractivity contribution in [1.29, 1.82) is 0 Å². The van der Waals surface area contributed by atoms with Crippen LogP contribution in [0.25, 0.3) is 6.08 Å². The Morgan fingerprint density at radius 2 is 1.39 bits per heavy atom. The zero-order chi connectivity index (χ0) is 12.8. The lowest BCUT2D eigenvalue weighted by molar-refractivity contribution is 0.107. The van der Waals surface area contributed by atoms with Crippen molar-refractivity contribution in [2.75, 3.05) is 0 Å². The van der Waals surface area contributed by atoms with Gasteiger partial charge < -0.3 is 4.74 Å². The van der Waals surface area contributed by atoms with E-state index in [9.17, 15) is 0 Å². The number of hydrogen-bond acceptors (Lipinski definition) is 1. The summed E-state index contributed by atoms with van der Waals surface area (Å²) in [5.41, 5.74) is 4.81. The fourth-order valence-corrected chi connectivity index (χ4v) is 1.72. The Morgan fingerprint density at radius 3 is 1.89 bits per heavy atom. The molecule has 0 unspecified atom stereocenters. The Balaban J connectivity index is 1.84. The smallest absolute Gasteiger partial charge is 0.0721 e. The van der Waals surface area contributed by atoms with Crippen LogP contribution < -0.4 is 0 Å². The van der Waals surface area contributed by atoms with E-state index < -0.39 is 0 Å². The zero-order valence-electron chi connectivity index (χ0n) is 10.7. The molecule has 0 spiro atoms. The molecule has 0 aliphatic rings. The summed E-state index contributed by atoms with van der Waals surface area (Å²) in [6, 6.07) is 16.7. The molecule has 0 radical (unpaired) electrons. The van der Waals surface area contributed by atoms with Crippen molar-refractivity contribution in [3.8, 4) is 0 Å². The summed E-state index contributed by atoms with van der Waals surface area (Å²) < 4.78 is 5.69. The van der Waals surface area contributed by atoms with Gasteiger partial charge in [0.1, 0.15) is 0 Å². The van der Waals surface area contributed by atoms with E-state index in [0.717, 1.165) is 5.56 Å². The third-order valence-electron chi connectivity index (χ3n) is 2.87. The van der Waals surface area contributed by atoms with E-state index in [0.29, 0.717) is 13.2 Å². The summed E-state index contributed by atoms with van der Waals surface area (Å²) in [4.78, 5) is 0. The van der Waals surface area contributed by atoms with Gasteiger partial charge in [0.15, 0.2) is 0 Å². The minimum atomic E-state index is 0.644. The van der Waals surface area contributed by atoms with Crippen molar-refractivity contribution in [3.05, 3.63) is 77.4 Å². The molecule has 0 bridgehead atoms. The van der Waals surface area contributed by atoms with Gasteiger partial charge in [-0.2, -0.15) is 0 Å². The first-order valence-electron chi connectivity index (χ1n) is 6.12. The number of aryl methyl sites for hydroxylation is 1. The van der Waals surface area contributed by atoms with Crippen LogP contribution in [0.3, 0.4) is 0 Å². The predicted octanol–water partition coefficient (Wildman–Crippen LogP) is 4.35. The molecule has 0 aliphatic carbocycles. The lowest BCUT2D eigenvalue weighted by Gasteiger charge is -2.05. The Hall–Kier alpha value is -1.86. The van der Waals surface area contributed by atoms with Gasteiger partial charge in [-0.15, -0.1) is 0 Å². The van der Waals surface area contributed by atoms with E-state index in [1.54, 1.807) is 0 Å². The third-order valence-corrected chi connectivity index (χ3v) is 2.87. The third kappa shape index (κ3) is 3.57. The molecule has 18 heavy (non-hydrogen) atoms. The molecule has 2 aromatic rings. The van der Waals surface area contributed by atoms with Crippen LogP contribution in [0, 0.1) is 6.92 Å². The second-order valence-corrected chi connectivity index (χ2v) is 4.42. The highest BCUT2D eigenvalue weighted by Crippen LogP contribution is 2.09. The van der Waals surface area contributed by atoms with E-state index in [2.05, 4.69) is 62.0 Å². The lowest BCUT2D eigenvalue weighted by Crippen LogP contribution is -1.94. The molecular formula is C17H18O. The van der Waals surface area contributed by atoms with Gasteiger partial charge in [0.25, 0.3) is 0 Å². The molecule has 0 saturated heterocycles. The molecule has 0 heterocycles. The minimum absolute atomic E-state index is 0.644. The highest BCUT2D eigenvalue weighted by Gasteiger charge is 1.95. The van der Waals surface area contributed by atoms with Gasteiger partial charge >= 0.3 is 0 Å². The van der Waals surface area contributed by atoms with E-state index in [1.165, 1.54) is 16.7 Å². The minimum Gasteiger partial charge on any atom is -0.372 e. The second kappa shape index (κ2) is 6.18. The number of rotatable bonds is 5. The molecule has 2 rings (SSSR count). The summed E-state index contributed by atoms with van der Waals surface area (Å²) in [7, 11) is 0. The van der Waals surface area contributed by atoms with Crippen LogP contribution in [-0.2, 0) is 18.0 Å². The summed E-state index contributed by atoms with van der Waals surface area (Å²) in [5, 5.41) is 0. The molecule has 92 valence electrons. The predicted molar refractivity (Wildman–Crippen MR) is 76.2 cm³/mol. The molecule has 0 amide bonds. The van der Waals surface area contributed by atoms with Gasteiger partial charge in [0.2, 0.25) is 0 Å². The number of hydrogen-bond donors (Lipinski definition) is 0. The molecule has 0 aliphatic heterocycles. The van der Waals surface area contributed by atoms with Crippen LogP contribution in [-0.4, -0.2) is 0 Å². The summed E-state index contributed by atoms with van der Waals surface area (Å²) >= 11 is 0. The standard InChI is InChI=1S/C17H18O/c1-3-15-8-10-17(11-9-15)13-18-12-16-6-4-14(2)5-7-16/h3-11H,1,12-13H2,2H3. The van der Waals surface area contributed by atoms with Crippen LogP contribution in [0.5, 0.6) is 0 Å². The van der Waals surface area contributed by atoms with Crippen molar-refractivity contribution >= 4 is 6.08 Å². The normalized spacial score (nSPS) is 10.3.